The number of hydrogen-bond donors (Lipinski definition) is 0. The highest BCUT2D eigenvalue weighted by atomic mass is 28.4. The number of hydrogen-bond acceptors (Lipinski definition) is 2. The largest absolute Gasteiger partial charge is 0.406 e. The normalized spacial score (nSPS) is 12.1. The zero-order chi connectivity index (χ0) is 12.7. The summed E-state index contributed by atoms with van der Waals surface area (Å²) in [5.74, 6) is 6.11. The fraction of sp³-hybridized carbons (Fsp3) is 0.846. The highest BCUT2D eigenvalue weighted by Gasteiger charge is 2.20. The molecule has 0 fully saturated rings. The Bertz CT molecular complexity index is 248. The van der Waals surface area contributed by atoms with Crippen LogP contribution in [0, 0.1) is 11.8 Å². The Labute approximate surface area is 102 Å². The molecule has 0 unspecified atom stereocenters. The molecule has 0 aliphatic heterocycles. The number of rotatable bonds is 6. The summed E-state index contributed by atoms with van der Waals surface area (Å²) in [6, 6.07) is 1.22. The van der Waals surface area contributed by atoms with Crippen LogP contribution in [0.2, 0.25) is 19.1 Å². The SMILES string of the molecule is CCCC[Si](C)(C)OCC#CC(C)(C)OC. The van der Waals surface area contributed by atoms with Crippen LogP contribution in [0.4, 0.5) is 0 Å². The topological polar surface area (TPSA) is 18.5 Å². The van der Waals surface area contributed by atoms with Gasteiger partial charge in [-0.25, -0.2) is 0 Å². The lowest BCUT2D eigenvalue weighted by Gasteiger charge is -2.21. The molecule has 0 aromatic rings. The highest BCUT2D eigenvalue weighted by Crippen LogP contribution is 2.14. The molecular weight excluding hydrogens is 216 g/mol. The van der Waals surface area contributed by atoms with Crippen LogP contribution in [-0.2, 0) is 9.16 Å². The van der Waals surface area contributed by atoms with Crippen LogP contribution in [0.3, 0.4) is 0 Å². The van der Waals surface area contributed by atoms with E-state index in [4.69, 9.17) is 9.16 Å². The van der Waals surface area contributed by atoms with Crippen LogP contribution < -0.4 is 0 Å². The lowest BCUT2D eigenvalue weighted by atomic mass is 10.1. The Morgan fingerprint density at radius 2 is 1.88 bits per heavy atom. The summed E-state index contributed by atoms with van der Waals surface area (Å²) in [7, 11) is 0.202. The Kier molecular flexibility index (Phi) is 6.97. The van der Waals surface area contributed by atoms with Gasteiger partial charge in [-0.3, -0.25) is 0 Å². The standard InChI is InChI=1S/C13H26O2Si/c1-7-8-12-16(5,6)15-11-9-10-13(2,3)14-4/h7-8,11-12H2,1-6H3. The molecule has 0 saturated heterocycles. The minimum Gasteiger partial charge on any atom is -0.406 e. The van der Waals surface area contributed by atoms with Gasteiger partial charge in [0.25, 0.3) is 0 Å². The van der Waals surface area contributed by atoms with Crippen molar-refractivity contribution in [1.82, 2.24) is 0 Å². The second-order valence-electron chi connectivity index (χ2n) is 5.17. The van der Waals surface area contributed by atoms with E-state index in [1.807, 2.05) is 13.8 Å². The van der Waals surface area contributed by atoms with Crippen molar-refractivity contribution in [2.75, 3.05) is 13.7 Å². The van der Waals surface area contributed by atoms with Crippen LogP contribution >= 0.6 is 0 Å². The summed E-state index contributed by atoms with van der Waals surface area (Å²) >= 11 is 0. The first-order valence-corrected chi connectivity index (χ1v) is 9.13. The van der Waals surface area contributed by atoms with Crippen LogP contribution in [0.1, 0.15) is 33.6 Å². The van der Waals surface area contributed by atoms with Crippen molar-refractivity contribution >= 4 is 8.32 Å². The predicted octanol–water partition coefficient (Wildman–Crippen LogP) is 3.44. The van der Waals surface area contributed by atoms with Gasteiger partial charge in [0.05, 0.1) is 6.61 Å². The lowest BCUT2D eigenvalue weighted by Crippen LogP contribution is -2.30. The molecule has 0 N–H and O–H groups in total. The van der Waals surface area contributed by atoms with Gasteiger partial charge < -0.3 is 9.16 Å². The molecular formula is C13H26O2Si. The monoisotopic (exact) mass is 242 g/mol. The van der Waals surface area contributed by atoms with Gasteiger partial charge in [0.15, 0.2) is 8.32 Å². The van der Waals surface area contributed by atoms with Gasteiger partial charge in [-0.15, -0.1) is 0 Å². The maximum absolute atomic E-state index is 5.88. The Hall–Kier alpha value is -0.303. The van der Waals surface area contributed by atoms with Crippen LogP contribution in [0.25, 0.3) is 0 Å². The second-order valence-corrected chi connectivity index (χ2v) is 9.48. The van der Waals surface area contributed by atoms with Gasteiger partial charge in [0.2, 0.25) is 0 Å². The number of methoxy groups -OCH3 is 1. The zero-order valence-electron chi connectivity index (χ0n) is 11.6. The minimum atomic E-state index is -1.47. The fourth-order valence-electron chi connectivity index (χ4n) is 1.21. The summed E-state index contributed by atoms with van der Waals surface area (Å²) in [4.78, 5) is 0. The van der Waals surface area contributed by atoms with Crippen LogP contribution in [0.15, 0.2) is 0 Å². The number of ether oxygens (including phenoxy) is 1. The molecule has 3 heteroatoms. The summed E-state index contributed by atoms with van der Waals surface area (Å²) in [5.41, 5.74) is -0.363. The van der Waals surface area contributed by atoms with Gasteiger partial charge in [-0.1, -0.05) is 31.6 Å². The maximum Gasteiger partial charge on any atom is 0.188 e. The van der Waals surface area contributed by atoms with Gasteiger partial charge in [-0.2, -0.15) is 0 Å². The van der Waals surface area contributed by atoms with E-state index in [0.29, 0.717) is 6.61 Å². The van der Waals surface area contributed by atoms with Crippen molar-refractivity contribution in [3.63, 3.8) is 0 Å². The molecule has 2 nitrogen and oxygen atoms in total. The molecule has 0 aromatic heterocycles. The molecule has 0 spiro atoms. The molecule has 0 saturated carbocycles. The molecule has 94 valence electrons. The maximum atomic E-state index is 5.88. The second kappa shape index (κ2) is 7.11. The molecule has 16 heavy (non-hydrogen) atoms. The zero-order valence-corrected chi connectivity index (χ0v) is 12.6. The van der Waals surface area contributed by atoms with Gasteiger partial charge in [-0.05, 0) is 33.0 Å². The first kappa shape index (κ1) is 15.7. The highest BCUT2D eigenvalue weighted by molar-refractivity contribution is 6.71. The van der Waals surface area contributed by atoms with Crippen molar-refractivity contribution in [3.8, 4) is 11.8 Å². The summed E-state index contributed by atoms with van der Waals surface area (Å²) < 4.78 is 11.1. The van der Waals surface area contributed by atoms with E-state index in [2.05, 4.69) is 31.9 Å². The van der Waals surface area contributed by atoms with Crippen molar-refractivity contribution in [2.24, 2.45) is 0 Å². The Morgan fingerprint density at radius 3 is 2.38 bits per heavy atom. The van der Waals surface area contributed by atoms with Gasteiger partial charge >= 0.3 is 0 Å². The quantitative estimate of drug-likeness (QED) is 0.525. The van der Waals surface area contributed by atoms with E-state index >= 15 is 0 Å². The minimum absolute atomic E-state index is 0.363. The molecule has 0 atom stereocenters. The average molecular weight is 242 g/mol. The van der Waals surface area contributed by atoms with E-state index < -0.39 is 8.32 Å². The van der Waals surface area contributed by atoms with Gasteiger partial charge in [0.1, 0.15) is 5.60 Å². The Morgan fingerprint density at radius 1 is 1.25 bits per heavy atom. The molecule has 0 aliphatic carbocycles. The third-order valence-corrected chi connectivity index (χ3v) is 5.05. The van der Waals surface area contributed by atoms with E-state index in [1.54, 1.807) is 7.11 Å². The smallest absolute Gasteiger partial charge is 0.188 e. The molecule has 0 bridgehead atoms. The fourth-order valence-corrected chi connectivity index (χ4v) is 3.02. The molecule has 0 amide bonds. The first-order valence-electron chi connectivity index (χ1n) is 6.02. The summed E-state index contributed by atoms with van der Waals surface area (Å²) in [6.07, 6.45) is 2.50. The summed E-state index contributed by atoms with van der Waals surface area (Å²) in [5, 5.41) is 0. The molecule has 0 aliphatic rings. The van der Waals surface area contributed by atoms with E-state index in [9.17, 15) is 0 Å². The van der Waals surface area contributed by atoms with Gasteiger partial charge in [0, 0.05) is 7.11 Å². The lowest BCUT2D eigenvalue weighted by molar-refractivity contribution is 0.0739. The molecule has 0 rings (SSSR count). The average Bonchev–Trinajstić information content (AvgIpc) is 2.22. The van der Waals surface area contributed by atoms with E-state index in [-0.39, 0.29) is 5.60 Å². The molecule has 0 aromatic carbocycles. The van der Waals surface area contributed by atoms with Crippen molar-refractivity contribution in [2.45, 2.75) is 58.4 Å². The van der Waals surface area contributed by atoms with Crippen LogP contribution in [0.5, 0.6) is 0 Å². The van der Waals surface area contributed by atoms with Crippen molar-refractivity contribution in [3.05, 3.63) is 0 Å². The molecule has 0 radical (unpaired) electrons. The molecule has 0 heterocycles. The number of unbranched alkanes of at least 4 members (excludes halogenated alkanes) is 1. The Balaban J connectivity index is 3.96. The van der Waals surface area contributed by atoms with Crippen molar-refractivity contribution in [1.29, 1.82) is 0 Å². The third-order valence-electron chi connectivity index (χ3n) is 2.57. The summed E-state index contributed by atoms with van der Waals surface area (Å²) in [6.45, 7) is 11.2. The van der Waals surface area contributed by atoms with E-state index in [0.717, 1.165) is 0 Å². The third kappa shape index (κ3) is 7.92. The van der Waals surface area contributed by atoms with Crippen LogP contribution in [-0.4, -0.2) is 27.6 Å². The first-order chi connectivity index (χ1) is 7.33. The van der Waals surface area contributed by atoms with E-state index in [1.165, 1.54) is 18.9 Å². The predicted molar refractivity (Wildman–Crippen MR) is 72.0 cm³/mol. The van der Waals surface area contributed by atoms with Crippen molar-refractivity contribution < 1.29 is 9.16 Å².